The molecule has 1 aliphatic rings. The number of likely N-dealkylation sites (N-methyl/N-ethyl adjacent to an activating group) is 1. The molecule has 0 bridgehead atoms. The fourth-order valence-electron chi connectivity index (χ4n) is 4.40. The number of hydrogen-bond acceptors (Lipinski definition) is 6. The molecule has 1 amide bonds. The summed E-state index contributed by atoms with van der Waals surface area (Å²) in [4.78, 5) is 26.7. The summed E-state index contributed by atoms with van der Waals surface area (Å²) in [6.07, 6.45) is 5.84. The fourth-order valence-corrected chi connectivity index (χ4v) is 4.40. The molecule has 0 atom stereocenters. The second-order valence-electron chi connectivity index (χ2n) is 9.15. The lowest BCUT2D eigenvalue weighted by Gasteiger charge is -2.34. The minimum Gasteiger partial charge on any atom is -0.487 e. The summed E-state index contributed by atoms with van der Waals surface area (Å²) in [5.41, 5.74) is 4.40. The van der Waals surface area contributed by atoms with E-state index in [0.29, 0.717) is 24.5 Å². The number of aryl methyl sites for hydroxylation is 1. The lowest BCUT2D eigenvalue weighted by molar-refractivity contribution is 0.0950. The molecule has 0 radical (unpaired) electrons. The predicted molar refractivity (Wildman–Crippen MR) is 140 cm³/mol. The SMILES string of the molecule is CCN1CCN(c2ccc(CNC(=O)c3cccc(OCc4cn5cc(C)ccc5n4)c3)cn2)CC1. The van der Waals surface area contributed by atoms with Crippen molar-refractivity contribution in [2.24, 2.45) is 0 Å². The van der Waals surface area contributed by atoms with Crippen LogP contribution in [0.4, 0.5) is 5.82 Å². The summed E-state index contributed by atoms with van der Waals surface area (Å²) in [6.45, 7) is 10.2. The second-order valence-corrected chi connectivity index (χ2v) is 9.15. The van der Waals surface area contributed by atoms with Crippen molar-refractivity contribution in [2.75, 3.05) is 37.6 Å². The number of rotatable bonds is 8. The number of ether oxygens (including phenoxy) is 1. The zero-order valence-electron chi connectivity index (χ0n) is 20.9. The van der Waals surface area contributed by atoms with Gasteiger partial charge >= 0.3 is 0 Å². The van der Waals surface area contributed by atoms with E-state index in [1.54, 1.807) is 12.1 Å². The molecule has 186 valence electrons. The van der Waals surface area contributed by atoms with Gasteiger partial charge in [-0.3, -0.25) is 4.79 Å². The molecule has 1 N–H and O–H groups in total. The Kier molecular flexibility index (Phi) is 7.13. The molecule has 0 unspecified atom stereocenters. The Labute approximate surface area is 211 Å². The second kappa shape index (κ2) is 10.8. The number of hydrogen-bond donors (Lipinski definition) is 1. The average molecular weight is 485 g/mol. The minimum absolute atomic E-state index is 0.150. The number of piperazine rings is 1. The number of fused-ring (bicyclic) bond motifs is 1. The maximum atomic E-state index is 12.8. The number of carbonyl (C=O) groups is 1. The summed E-state index contributed by atoms with van der Waals surface area (Å²) in [5.74, 6) is 1.47. The number of pyridine rings is 2. The normalized spacial score (nSPS) is 14.2. The van der Waals surface area contributed by atoms with Crippen LogP contribution in [0.5, 0.6) is 5.75 Å². The number of benzene rings is 1. The molecule has 1 aromatic carbocycles. The van der Waals surface area contributed by atoms with Crippen molar-refractivity contribution < 1.29 is 9.53 Å². The van der Waals surface area contributed by atoms with Crippen LogP contribution in [0.2, 0.25) is 0 Å². The lowest BCUT2D eigenvalue weighted by Crippen LogP contribution is -2.46. The van der Waals surface area contributed by atoms with Crippen LogP contribution in [0.3, 0.4) is 0 Å². The highest BCUT2D eigenvalue weighted by Crippen LogP contribution is 2.17. The first-order chi connectivity index (χ1) is 17.6. The van der Waals surface area contributed by atoms with Crippen molar-refractivity contribution in [1.82, 2.24) is 24.6 Å². The molecule has 5 rings (SSSR count). The molecular formula is C28H32N6O2. The first kappa shape index (κ1) is 23.8. The van der Waals surface area contributed by atoms with Gasteiger partial charge in [0.1, 0.15) is 23.8 Å². The van der Waals surface area contributed by atoms with Gasteiger partial charge in [-0.25, -0.2) is 9.97 Å². The van der Waals surface area contributed by atoms with E-state index in [4.69, 9.17) is 4.74 Å². The van der Waals surface area contributed by atoms with Crippen LogP contribution in [0.25, 0.3) is 5.65 Å². The zero-order chi connectivity index (χ0) is 24.9. The summed E-state index contributed by atoms with van der Waals surface area (Å²) in [5, 5.41) is 2.98. The molecule has 3 aromatic heterocycles. The third kappa shape index (κ3) is 5.66. The van der Waals surface area contributed by atoms with Gasteiger partial charge in [-0.2, -0.15) is 0 Å². The molecule has 8 nitrogen and oxygen atoms in total. The third-order valence-corrected chi connectivity index (χ3v) is 6.54. The number of nitrogens with one attached hydrogen (secondary N) is 1. The van der Waals surface area contributed by atoms with E-state index in [1.165, 1.54) is 5.56 Å². The summed E-state index contributed by atoms with van der Waals surface area (Å²) >= 11 is 0. The van der Waals surface area contributed by atoms with Gasteiger partial charge in [0.25, 0.3) is 5.91 Å². The average Bonchev–Trinajstić information content (AvgIpc) is 3.33. The molecule has 0 saturated carbocycles. The Hall–Kier alpha value is -3.91. The third-order valence-electron chi connectivity index (χ3n) is 6.54. The van der Waals surface area contributed by atoms with Crippen LogP contribution in [0.15, 0.2) is 67.1 Å². The Morgan fingerprint density at radius 3 is 2.69 bits per heavy atom. The topological polar surface area (TPSA) is 75.0 Å². The van der Waals surface area contributed by atoms with Gasteiger partial charge in [0.2, 0.25) is 0 Å². The van der Waals surface area contributed by atoms with Gasteiger partial charge in [0.15, 0.2) is 0 Å². The summed E-state index contributed by atoms with van der Waals surface area (Å²) in [6, 6.07) is 15.3. The molecule has 1 saturated heterocycles. The standard InChI is InChI=1S/C28H32N6O2/c1-3-32-11-13-33(14-12-32)26-10-8-22(16-29-26)17-30-28(35)23-5-4-6-25(15-23)36-20-24-19-34-18-21(2)7-9-27(34)31-24/h4-10,15-16,18-19H,3,11-14,17,20H2,1-2H3,(H,30,35). The van der Waals surface area contributed by atoms with Gasteiger partial charge in [0.05, 0.1) is 5.69 Å². The predicted octanol–water partition coefficient (Wildman–Crippen LogP) is 3.69. The van der Waals surface area contributed by atoms with Gasteiger partial charge in [-0.05, 0) is 54.9 Å². The van der Waals surface area contributed by atoms with Crippen molar-refractivity contribution in [2.45, 2.75) is 27.0 Å². The van der Waals surface area contributed by atoms with E-state index in [9.17, 15) is 4.79 Å². The van der Waals surface area contributed by atoms with E-state index in [0.717, 1.165) is 55.4 Å². The summed E-state index contributed by atoms with van der Waals surface area (Å²) in [7, 11) is 0. The van der Waals surface area contributed by atoms with Crippen LogP contribution in [-0.2, 0) is 13.2 Å². The molecule has 0 spiro atoms. The first-order valence-corrected chi connectivity index (χ1v) is 12.4. The van der Waals surface area contributed by atoms with Gasteiger partial charge in [0, 0.05) is 56.9 Å². The van der Waals surface area contributed by atoms with Crippen molar-refractivity contribution in [3.05, 3.63) is 89.5 Å². The van der Waals surface area contributed by atoms with Gasteiger partial charge in [-0.1, -0.05) is 25.1 Å². The lowest BCUT2D eigenvalue weighted by atomic mass is 10.2. The molecule has 4 aromatic rings. The van der Waals surface area contributed by atoms with Crippen LogP contribution in [0, 0.1) is 6.92 Å². The van der Waals surface area contributed by atoms with Crippen molar-refractivity contribution in [1.29, 1.82) is 0 Å². The van der Waals surface area contributed by atoms with Crippen LogP contribution in [-0.4, -0.2) is 57.9 Å². The quantitative estimate of drug-likeness (QED) is 0.411. The number of nitrogens with zero attached hydrogens (tertiary/aromatic N) is 5. The number of imidazole rings is 1. The number of aromatic nitrogens is 3. The molecule has 8 heteroatoms. The van der Waals surface area contributed by atoms with Crippen molar-refractivity contribution >= 4 is 17.4 Å². The highest BCUT2D eigenvalue weighted by atomic mass is 16.5. The van der Waals surface area contributed by atoms with E-state index in [1.807, 2.05) is 66.3 Å². The van der Waals surface area contributed by atoms with E-state index >= 15 is 0 Å². The molecular weight excluding hydrogens is 452 g/mol. The molecule has 1 fully saturated rings. The Morgan fingerprint density at radius 1 is 1.06 bits per heavy atom. The highest BCUT2D eigenvalue weighted by Gasteiger charge is 2.16. The Bertz CT molecular complexity index is 1330. The maximum absolute atomic E-state index is 12.8. The molecule has 1 aliphatic heterocycles. The number of amides is 1. The number of anilines is 1. The maximum Gasteiger partial charge on any atom is 0.251 e. The van der Waals surface area contributed by atoms with E-state index in [-0.39, 0.29) is 5.91 Å². The number of carbonyl (C=O) groups excluding carboxylic acids is 1. The Morgan fingerprint density at radius 2 is 1.92 bits per heavy atom. The van der Waals surface area contributed by atoms with Crippen molar-refractivity contribution in [3.63, 3.8) is 0 Å². The Balaban J connectivity index is 1.13. The summed E-state index contributed by atoms with van der Waals surface area (Å²) < 4.78 is 7.91. The molecule has 0 aliphatic carbocycles. The zero-order valence-corrected chi connectivity index (χ0v) is 20.9. The van der Waals surface area contributed by atoms with E-state index in [2.05, 4.69) is 32.0 Å². The van der Waals surface area contributed by atoms with Gasteiger partial charge in [-0.15, -0.1) is 0 Å². The smallest absolute Gasteiger partial charge is 0.251 e. The van der Waals surface area contributed by atoms with Crippen LogP contribution < -0.4 is 15.0 Å². The fraction of sp³-hybridized carbons (Fsp3) is 0.321. The van der Waals surface area contributed by atoms with E-state index < -0.39 is 0 Å². The van der Waals surface area contributed by atoms with Crippen LogP contribution in [0.1, 0.15) is 34.1 Å². The molecule has 36 heavy (non-hydrogen) atoms. The minimum atomic E-state index is -0.150. The van der Waals surface area contributed by atoms with Gasteiger partial charge < -0.3 is 24.3 Å². The monoisotopic (exact) mass is 484 g/mol. The first-order valence-electron chi connectivity index (χ1n) is 12.4. The highest BCUT2D eigenvalue weighted by molar-refractivity contribution is 5.94. The van der Waals surface area contributed by atoms with Crippen LogP contribution >= 0.6 is 0 Å². The molecule has 4 heterocycles. The largest absolute Gasteiger partial charge is 0.487 e. The van der Waals surface area contributed by atoms with Crippen molar-refractivity contribution in [3.8, 4) is 5.75 Å².